The summed E-state index contributed by atoms with van der Waals surface area (Å²) in [6.45, 7) is 2.17. The summed E-state index contributed by atoms with van der Waals surface area (Å²) in [7, 11) is 0. The van der Waals surface area contributed by atoms with Crippen LogP contribution in [0.5, 0.6) is 0 Å². The van der Waals surface area contributed by atoms with Crippen molar-refractivity contribution in [2.75, 3.05) is 6.54 Å². The number of imide groups is 1. The highest BCUT2D eigenvalue weighted by atomic mass is 32.1. The molecule has 1 aliphatic carbocycles. The van der Waals surface area contributed by atoms with Crippen LogP contribution in [0.15, 0.2) is 0 Å². The molecule has 0 radical (unpaired) electrons. The van der Waals surface area contributed by atoms with E-state index in [4.69, 9.17) is 18.0 Å². The molecule has 0 bridgehead atoms. The van der Waals surface area contributed by atoms with Gasteiger partial charge in [-0.15, -0.1) is 0 Å². The van der Waals surface area contributed by atoms with Gasteiger partial charge < -0.3 is 5.73 Å². The molecule has 0 aromatic heterocycles. The van der Waals surface area contributed by atoms with E-state index < -0.39 is 0 Å². The van der Waals surface area contributed by atoms with Gasteiger partial charge in [-0.05, 0) is 6.42 Å². The first-order chi connectivity index (χ1) is 6.52. The average Bonchev–Trinajstić information content (AvgIpc) is 2.86. The van der Waals surface area contributed by atoms with Gasteiger partial charge in [0.05, 0.1) is 16.8 Å². The van der Waals surface area contributed by atoms with Gasteiger partial charge in [0, 0.05) is 12.5 Å². The van der Waals surface area contributed by atoms with Crippen LogP contribution in [0, 0.1) is 17.8 Å². The number of carbonyl (C=O) groups excluding carboxylic acids is 2. The first-order valence-electron chi connectivity index (χ1n) is 4.67. The van der Waals surface area contributed by atoms with Gasteiger partial charge in [-0.2, -0.15) is 0 Å². The Morgan fingerprint density at radius 1 is 1.57 bits per heavy atom. The Morgan fingerprint density at radius 3 is 2.50 bits per heavy atom. The molecule has 2 aliphatic rings. The minimum absolute atomic E-state index is 0.0268. The number of carbonyl (C=O) groups is 2. The predicted octanol–water partition coefficient (Wildman–Crippen LogP) is -0.0865. The summed E-state index contributed by atoms with van der Waals surface area (Å²) in [5.41, 5.74) is 5.43. The SMILES string of the molecule is CC(CN1C(=O)C2CC2C1=O)C(N)=S. The van der Waals surface area contributed by atoms with Crippen LogP contribution >= 0.6 is 12.2 Å². The van der Waals surface area contributed by atoms with E-state index in [0.29, 0.717) is 11.5 Å². The molecule has 1 saturated carbocycles. The zero-order valence-electron chi connectivity index (χ0n) is 7.90. The Bertz CT molecular complexity index is 309. The normalized spacial score (nSPS) is 31.6. The van der Waals surface area contributed by atoms with Crippen molar-refractivity contribution < 1.29 is 9.59 Å². The molecule has 5 heteroatoms. The number of likely N-dealkylation sites (tertiary alicyclic amines) is 1. The third kappa shape index (κ3) is 1.32. The number of fused-ring (bicyclic) bond motifs is 1. The first kappa shape index (κ1) is 9.58. The lowest BCUT2D eigenvalue weighted by Gasteiger charge is -2.20. The van der Waals surface area contributed by atoms with Gasteiger partial charge >= 0.3 is 0 Å². The lowest BCUT2D eigenvalue weighted by atomic mass is 10.1. The fourth-order valence-electron chi connectivity index (χ4n) is 1.79. The zero-order valence-corrected chi connectivity index (χ0v) is 8.71. The minimum Gasteiger partial charge on any atom is -0.393 e. The van der Waals surface area contributed by atoms with Crippen LogP contribution in [0.2, 0.25) is 0 Å². The van der Waals surface area contributed by atoms with Crippen molar-refractivity contribution in [1.82, 2.24) is 4.90 Å². The Labute approximate surface area is 87.4 Å². The molecule has 14 heavy (non-hydrogen) atoms. The second kappa shape index (κ2) is 3.02. The quantitative estimate of drug-likeness (QED) is 0.525. The standard InChI is InChI=1S/C9H12N2O2S/c1-4(7(10)14)3-11-8(12)5-2-6(5)9(11)13/h4-6H,2-3H2,1H3,(H2,10,14). The van der Waals surface area contributed by atoms with Crippen molar-refractivity contribution >= 4 is 29.0 Å². The number of nitrogens with zero attached hydrogens (tertiary/aromatic N) is 1. The smallest absolute Gasteiger partial charge is 0.233 e. The highest BCUT2D eigenvalue weighted by Gasteiger charge is 2.58. The van der Waals surface area contributed by atoms with Crippen LogP contribution in [0.25, 0.3) is 0 Å². The van der Waals surface area contributed by atoms with Crippen LogP contribution < -0.4 is 5.73 Å². The number of piperidine rings is 1. The van der Waals surface area contributed by atoms with Crippen LogP contribution in [-0.2, 0) is 9.59 Å². The van der Waals surface area contributed by atoms with Crippen LogP contribution in [0.3, 0.4) is 0 Å². The fourth-order valence-corrected chi connectivity index (χ4v) is 1.87. The van der Waals surface area contributed by atoms with Gasteiger partial charge in [-0.25, -0.2) is 0 Å². The molecule has 1 heterocycles. The molecule has 3 unspecified atom stereocenters. The van der Waals surface area contributed by atoms with E-state index in [0.717, 1.165) is 6.42 Å². The van der Waals surface area contributed by atoms with Crippen LogP contribution in [-0.4, -0.2) is 28.2 Å². The van der Waals surface area contributed by atoms with E-state index in [1.165, 1.54) is 4.90 Å². The van der Waals surface area contributed by atoms with Gasteiger partial charge in [-0.3, -0.25) is 14.5 Å². The molecule has 4 nitrogen and oxygen atoms in total. The molecular formula is C9H12N2O2S. The van der Waals surface area contributed by atoms with E-state index in [2.05, 4.69) is 0 Å². The Hall–Kier alpha value is -0.970. The summed E-state index contributed by atoms with van der Waals surface area (Å²) in [4.78, 5) is 24.7. The average molecular weight is 212 g/mol. The third-order valence-corrected chi connectivity index (χ3v) is 3.30. The van der Waals surface area contributed by atoms with Gasteiger partial charge in [0.25, 0.3) is 0 Å². The van der Waals surface area contributed by atoms with Gasteiger partial charge in [0.1, 0.15) is 0 Å². The lowest BCUT2D eigenvalue weighted by Crippen LogP contribution is -2.39. The molecule has 1 aliphatic heterocycles. The zero-order chi connectivity index (χ0) is 10.5. The van der Waals surface area contributed by atoms with Crippen molar-refractivity contribution in [3.05, 3.63) is 0 Å². The summed E-state index contributed by atoms with van der Waals surface area (Å²) >= 11 is 4.80. The van der Waals surface area contributed by atoms with Gasteiger partial charge in [0.2, 0.25) is 11.8 Å². The highest BCUT2D eigenvalue weighted by Crippen LogP contribution is 2.47. The first-order valence-corrected chi connectivity index (χ1v) is 5.07. The maximum Gasteiger partial charge on any atom is 0.233 e. The van der Waals surface area contributed by atoms with Crippen molar-refractivity contribution in [3.63, 3.8) is 0 Å². The maximum absolute atomic E-state index is 11.5. The third-order valence-electron chi connectivity index (χ3n) is 2.90. The number of nitrogens with two attached hydrogens (primary N) is 1. The second-order valence-corrected chi connectivity index (χ2v) is 4.51. The molecule has 0 aromatic rings. The summed E-state index contributed by atoms with van der Waals surface area (Å²) in [6, 6.07) is 0. The molecule has 2 rings (SSSR count). The predicted molar refractivity (Wildman–Crippen MR) is 54.3 cm³/mol. The van der Waals surface area contributed by atoms with E-state index in [9.17, 15) is 9.59 Å². The molecule has 0 spiro atoms. The summed E-state index contributed by atoms with van der Waals surface area (Å²) in [6.07, 6.45) is 0.746. The van der Waals surface area contributed by atoms with Crippen LogP contribution in [0.4, 0.5) is 0 Å². The Morgan fingerprint density at radius 2 is 2.07 bits per heavy atom. The minimum atomic E-state index is -0.0876. The molecule has 3 atom stereocenters. The fraction of sp³-hybridized carbons (Fsp3) is 0.667. The van der Waals surface area contributed by atoms with Crippen molar-refractivity contribution in [1.29, 1.82) is 0 Å². The molecule has 2 N–H and O–H groups in total. The topological polar surface area (TPSA) is 63.4 Å². The summed E-state index contributed by atoms with van der Waals surface area (Å²) in [5, 5.41) is 0. The number of hydrogen-bond donors (Lipinski definition) is 1. The number of rotatable bonds is 3. The molecule has 2 amide bonds. The Balaban J connectivity index is 2.02. The molecule has 76 valence electrons. The molecule has 1 saturated heterocycles. The molecule has 0 aromatic carbocycles. The summed E-state index contributed by atoms with van der Waals surface area (Å²) < 4.78 is 0. The number of amides is 2. The van der Waals surface area contributed by atoms with E-state index in [1.807, 2.05) is 6.92 Å². The second-order valence-electron chi connectivity index (χ2n) is 4.04. The number of thiocarbonyl (C=S) groups is 1. The summed E-state index contributed by atoms with van der Waals surface area (Å²) in [5.74, 6) is -0.219. The van der Waals surface area contributed by atoms with Crippen molar-refractivity contribution in [2.24, 2.45) is 23.5 Å². The van der Waals surface area contributed by atoms with Gasteiger partial charge in [0.15, 0.2) is 0 Å². The van der Waals surface area contributed by atoms with Crippen molar-refractivity contribution in [2.45, 2.75) is 13.3 Å². The van der Waals surface area contributed by atoms with Crippen LogP contribution in [0.1, 0.15) is 13.3 Å². The van der Waals surface area contributed by atoms with E-state index in [1.54, 1.807) is 0 Å². The van der Waals surface area contributed by atoms with E-state index in [-0.39, 0.29) is 29.6 Å². The van der Waals surface area contributed by atoms with E-state index >= 15 is 0 Å². The maximum atomic E-state index is 11.5. The molecule has 2 fully saturated rings. The Kier molecular flexibility index (Phi) is 2.06. The highest BCUT2D eigenvalue weighted by molar-refractivity contribution is 7.80. The lowest BCUT2D eigenvalue weighted by molar-refractivity contribution is -0.141. The molecular weight excluding hydrogens is 200 g/mol. The monoisotopic (exact) mass is 212 g/mol. The van der Waals surface area contributed by atoms with Crippen molar-refractivity contribution in [3.8, 4) is 0 Å². The van der Waals surface area contributed by atoms with Gasteiger partial charge in [-0.1, -0.05) is 19.1 Å². The largest absolute Gasteiger partial charge is 0.393 e. The number of hydrogen-bond acceptors (Lipinski definition) is 3.